The van der Waals surface area contributed by atoms with Crippen molar-refractivity contribution in [1.82, 2.24) is 0 Å². The lowest BCUT2D eigenvalue weighted by molar-refractivity contribution is -0.153. The molecule has 0 saturated heterocycles. The summed E-state index contributed by atoms with van der Waals surface area (Å²) in [5.74, 6) is -1.03. The first-order chi connectivity index (χ1) is 5.61. The van der Waals surface area contributed by atoms with Gasteiger partial charge in [-0.3, -0.25) is 0 Å². The molecule has 1 aromatic rings. The van der Waals surface area contributed by atoms with Crippen molar-refractivity contribution >= 4 is 19.2 Å². The van der Waals surface area contributed by atoms with Crippen LogP contribution in [-0.4, -0.2) is 11.1 Å². The molecule has 4 nitrogen and oxygen atoms in total. The van der Waals surface area contributed by atoms with E-state index in [1.165, 1.54) is 24.3 Å². The van der Waals surface area contributed by atoms with Crippen LogP contribution >= 0.6 is 7.94 Å². The Bertz CT molecular complexity index is 287. The molecule has 1 rings (SSSR count). The molecule has 0 saturated carbocycles. The molecule has 0 fully saturated rings. The second kappa shape index (κ2) is 3.43. The number of hydrogen-bond donors (Lipinski definition) is 2. The molecular weight excluding hydrogens is 177 g/mol. The van der Waals surface area contributed by atoms with Gasteiger partial charge in [-0.15, -0.1) is 5.16 Å². The Kier molecular flexibility index (Phi) is 2.53. The minimum atomic E-state index is -2.12. The van der Waals surface area contributed by atoms with Crippen LogP contribution in [-0.2, 0) is 0 Å². The number of aromatic carboxylic acids is 1. The number of nitrogens with one attached hydrogen (secondary N) is 1. The fraction of sp³-hybridized carbons (Fsp3) is 0. The summed E-state index contributed by atoms with van der Waals surface area (Å²) in [6.07, 6.45) is 0. The Labute approximate surface area is 69.8 Å². The summed E-state index contributed by atoms with van der Waals surface area (Å²) in [4.78, 5) is 21.0. The summed E-state index contributed by atoms with van der Waals surface area (Å²) in [5.41, 5.74) is 0.135. The highest BCUT2D eigenvalue weighted by Crippen LogP contribution is 2.08. The van der Waals surface area contributed by atoms with E-state index in [1.807, 2.05) is 0 Å². The van der Waals surface area contributed by atoms with Gasteiger partial charge in [0.15, 0.2) is 13.2 Å². The lowest BCUT2D eigenvalue weighted by atomic mass is 10.2. The number of carboxylic acid groups (broad SMARTS) is 1. The molecule has 1 atom stereocenters. The van der Waals surface area contributed by atoms with Crippen molar-refractivity contribution in [2.45, 2.75) is 0 Å². The summed E-state index contributed by atoms with van der Waals surface area (Å²) in [7, 11) is -2.12. The fourth-order valence-electron chi connectivity index (χ4n) is 0.739. The minimum absolute atomic E-state index is 0.135. The third-order valence-corrected chi connectivity index (χ3v) is 2.12. The lowest BCUT2D eigenvalue weighted by Gasteiger charge is -1.94. The van der Waals surface area contributed by atoms with Crippen LogP contribution in [0.5, 0.6) is 0 Å². The van der Waals surface area contributed by atoms with E-state index in [1.54, 1.807) is 0 Å². The molecule has 0 radical (unpaired) electrons. The van der Waals surface area contributed by atoms with Crippen LogP contribution in [0, 0.1) is 5.16 Å². The van der Waals surface area contributed by atoms with Gasteiger partial charge in [-0.25, -0.2) is 4.79 Å². The maximum Gasteiger partial charge on any atom is 0.335 e. The van der Waals surface area contributed by atoms with E-state index < -0.39 is 13.9 Å². The Balaban J connectivity index is 3.01. The van der Waals surface area contributed by atoms with Crippen LogP contribution in [0.4, 0.5) is 0 Å². The molecule has 0 aromatic heterocycles. The van der Waals surface area contributed by atoms with Crippen LogP contribution in [0.3, 0.4) is 0 Å². The lowest BCUT2D eigenvalue weighted by Crippen LogP contribution is -2.05. The molecule has 0 heterocycles. The fourth-order valence-corrected chi connectivity index (χ4v) is 1.16. The average molecular weight is 183 g/mol. The summed E-state index contributed by atoms with van der Waals surface area (Å²) in [5, 5.41) is 15.7. The van der Waals surface area contributed by atoms with Crippen molar-refractivity contribution in [3.05, 3.63) is 29.8 Å². The summed E-state index contributed by atoms with van der Waals surface area (Å²) < 4.78 is 0. The van der Waals surface area contributed by atoms with Crippen molar-refractivity contribution in [3.63, 3.8) is 0 Å². The molecule has 0 aliphatic rings. The SMILES string of the molecule is N=[P+]([O-])c1ccc(C(=O)O)cc1. The van der Waals surface area contributed by atoms with Gasteiger partial charge in [0.25, 0.3) is 0 Å². The van der Waals surface area contributed by atoms with Crippen molar-refractivity contribution < 1.29 is 14.8 Å². The zero-order valence-corrected chi connectivity index (χ0v) is 6.91. The quantitative estimate of drug-likeness (QED) is 0.656. The summed E-state index contributed by atoms with van der Waals surface area (Å²) in [6, 6.07) is 5.43. The van der Waals surface area contributed by atoms with E-state index >= 15 is 0 Å². The number of hydrogen-bond acceptors (Lipinski definition) is 3. The topological polar surface area (TPSA) is 84.2 Å². The van der Waals surface area contributed by atoms with Crippen LogP contribution in [0.1, 0.15) is 10.4 Å². The average Bonchev–Trinajstić information content (AvgIpc) is 2.04. The van der Waals surface area contributed by atoms with Crippen LogP contribution in [0.25, 0.3) is 0 Å². The van der Waals surface area contributed by atoms with Crippen molar-refractivity contribution in [1.29, 1.82) is 5.16 Å². The first-order valence-electron chi connectivity index (χ1n) is 3.13. The van der Waals surface area contributed by atoms with Crippen molar-refractivity contribution in [2.75, 3.05) is 0 Å². The van der Waals surface area contributed by atoms with Gasteiger partial charge in [-0.05, 0) is 24.3 Å². The van der Waals surface area contributed by atoms with Crippen molar-refractivity contribution in [3.8, 4) is 0 Å². The number of benzene rings is 1. The molecule has 2 N–H and O–H groups in total. The van der Waals surface area contributed by atoms with Gasteiger partial charge in [-0.2, -0.15) is 0 Å². The van der Waals surface area contributed by atoms with E-state index in [9.17, 15) is 9.69 Å². The summed E-state index contributed by atoms with van der Waals surface area (Å²) >= 11 is 0. The predicted octanol–water partition coefficient (Wildman–Crippen LogP) is 0.530. The van der Waals surface area contributed by atoms with Gasteiger partial charge < -0.3 is 10.00 Å². The van der Waals surface area contributed by atoms with Gasteiger partial charge >= 0.3 is 5.97 Å². The smallest absolute Gasteiger partial charge is 0.335 e. The normalized spacial score (nSPS) is 10.9. The Morgan fingerprint density at radius 2 is 1.92 bits per heavy atom. The molecule has 62 valence electrons. The summed E-state index contributed by atoms with van der Waals surface area (Å²) in [6.45, 7) is 0. The number of carboxylic acids is 1. The minimum Gasteiger partial charge on any atom is -0.608 e. The zero-order valence-electron chi connectivity index (χ0n) is 6.02. The monoisotopic (exact) mass is 183 g/mol. The molecule has 0 aliphatic heterocycles. The van der Waals surface area contributed by atoms with E-state index in [0.29, 0.717) is 5.30 Å². The van der Waals surface area contributed by atoms with Gasteiger partial charge in [0.1, 0.15) is 0 Å². The standard InChI is InChI=1S/C7H6NO3P/c8-12(11)6-3-1-5(2-4-6)7(9)10/h1-4,8H,(H,9,10). The van der Waals surface area contributed by atoms with E-state index in [4.69, 9.17) is 10.3 Å². The number of carbonyl (C=O) groups is 1. The van der Waals surface area contributed by atoms with Crippen LogP contribution < -0.4 is 10.2 Å². The van der Waals surface area contributed by atoms with Gasteiger partial charge in [0.2, 0.25) is 0 Å². The molecule has 5 heteroatoms. The molecule has 0 amide bonds. The highest BCUT2D eigenvalue weighted by atomic mass is 31.1. The Hall–Kier alpha value is -1.25. The first-order valence-corrected chi connectivity index (χ1v) is 4.39. The number of rotatable bonds is 2. The van der Waals surface area contributed by atoms with E-state index in [2.05, 4.69) is 0 Å². The van der Waals surface area contributed by atoms with Crippen LogP contribution in [0.2, 0.25) is 0 Å². The molecule has 1 unspecified atom stereocenters. The van der Waals surface area contributed by atoms with Gasteiger partial charge in [-0.1, -0.05) is 0 Å². The Morgan fingerprint density at radius 3 is 2.25 bits per heavy atom. The van der Waals surface area contributed by atoms with Crippen LogP contribution in [0.15, 0.2) is 24.3 Å². The zero-order chi connectivity index (χ0) is 9.14. The third kappa shape index (κ3) is 1.87. The maximum absolute atomic E-state index is 10.6. The molecular formula is C7H6NO3P. The molecule has 1 aromatic carbocycles. The first kappa shape index (κ1) is 8.84. The second-order valence-electron chi connectivity index (χ2n) is 2.15. The van der Waals surface area contributed by atoms with Crippen molar-refractivity contribution in [2.24, 2.45) is 0 Å². The maximum atomic E-state index is 10.6. The highest BCUT2D eigenvalue weighted by Gasteiger charge is 2.05. The molecule has 12 heavy (non-hydrogen) atoms. The van der Waals surface area contributed by atoms with Gasteiger partial charge in [0, 0.05) is 0 Å². The third-order valence-electron chi connectivity index (χ3n) is 1.35. The molecule has 0 aliphatic carbocycles. The Morgan fingerprint density at radius 1 is 1.42 bits per heavy atom. The predicted molar refractivity (Wildman–Crippen MR) is 42.7 cm³/mol. The highest BCUT2D eigenvalue weighted by molar-refractivity contribution is 7.47. The van der Waals surface area contributed by atoms with E-state index in [0.717, 1.165) is 0 Å². The molecule has 0 spiro atoms. The largest absolute Gasteiger partial charge is 0.608 e. The molecule has 0 bridgehead atoms. The second-order valence-corrected chi connectivity index (χ2v) is 3.25. The van der Waals surface area contributed by atoms with E-state index in [-0.39, 0.29) is 5.56 Å². The van der Waals surface area contributed by atoms with Gasteiger partial charge in [0.05, 0.1) is 5.56 Å².